The molecule has 140 valence electrons. The standard InChI is InChI=1S/C21H27NO4/c1-24-18-11-8-16(9-12-18)6-4-5-7-21(23)22-15-17-10-13-19(25-2)20(14-17)26-3/h8-14H,4-7,15H2,1-3H3,(H,22,23). The second-order valence-electron chi connectivity index (χ2n) is 6.02. The molecule has 0 radical (unpaired) electrons. The minimum atomic E-state index is 0.0644. The third kappa shape index (κ3) is 5.99. The van der Waals surface area contributed by atoms with E-state index in [-0.39, 0.29) is 5.91 Å². The Bertz CT molecular complexity index is 698. The molecule has 0 aliphatic rings. The fourth-order valence-corrected chi connectivity index (χ4v) is 2.69. The molecule has 0 spiro atoms. The first-order chi connectivity index (χ1) is 12.7. The van der Waals surface area contributed by atoms with Gasteiger partial charge in [0.05, 0.1) is 21.3 Å². The number of methoxy groups -OCH3 is 3. The van der Waals surface area contributed by atoms with Crippen LogP contribution in [0.3, 0.4) is 0 Å². The van der Waals surface area contributed by atoms with Crippen molar-refractivity contribution in [3.8, 4) is 17.2 Å². The molecule has 2 aromatic rings. The Hall–Kier alpha value is -2.69. The lowest BCUT2D eigenvalue weighted by Crippen LogP contribution is -2.22. The van der Waals surface area contributed by atoms with Gasteiger partial charge in [0, 0.05) is 13.0 Å². The van der Waals surface area contributed by atoms with E-state index in [1.165, 1.54) is 5.56 Å². The van der Waals surface area contributed by atoms with Gasteiger partial charge in [-0.2, -0.15) is 0 Å². The number of carbonyl (C=O) groups is 1. The van der Waals surface area contributed by atoms with Crippen LogP contribution in [-0.2, 0) is 17.8 Å². The number of hydrogen-bond donors (Lipinski definition) is 1. The molecule has 5 nitrogen and oxygen atoms in total. The summed E-state index contributed by atoms with van der Waals surface area (Å²) in [6.45, 7) is 0.484. The van der Waals surface area contributed by atoms with E-state index >= 15 is 0 Å². The number of nitrogens with one attached hydrogen (secondary N) is 1. The van der Waals surface area contributed by atoms with Gasteiger partial charge in [-0.25, -0.2) is 0 Å². The zero-order valence-electron chi connectivity index (χ0n) is 15.7. The van der Waals surface area contributed by atoms with Gasteiger partial charge in [-0.1, -0.05) is 18.2 Å². The van der Waals surface area contributed by atoms with Gasteiger partial charge in [-0.3, -0.25) is 4.79 Å². The number of ether oxygens (including phenoxy) is 3. The molecule has 0 atom stereocenters. The van der Waals surface area contributed by atoms with Crippen molar-refractivity contribution in [2.75, 3.05) is 21.3 Å². The van der Waals surface area contributed by atoms with Crippen LogP contribution in [0.25, 0.3) is 0 Å². The molecule has 0 aliphatic carbocycles. The van der Waals surface area contributed by atoms with Crippen molar-refractivity contribution in [2.45, 2.75) is 32.2 Å². The summed E-state index contributed by atoms with van der Waals surface area (Å²) in [6.07, 6.45) is 3.34. The van der Waals surface area contributed by atoms with E-state index in [4.69, 9.17) is 14.2 Å². The van der Waals surface area contributed by atoms with Gasteiger partial charge in [0.25, 0.3) is 0 Å². The van der Waals surface area contributed by atoms with Crippen LogP contribution in [0.5, 0.6) is 17.2 Å². The number of carbonyl (C=O) groups excluding carboxylic acids is 1. The van der Waals surface area contributed by atoms with E-state index in [1.54, 1.807) is 21.3 Å². The number of rotatable bonds is 10. The molecular weight excluding hydrogens is 330 g/mol. The molecule has 1 amide bonds. The van der Waals surface area contributed by atoms with Crippen molar-refractivity contribution in [3.63, 3.8) is 0 Å². The Balaban J connectivity index is 1.68. The molecule has 26 heavy (non-hydrogen) atoms. The Morgan fingerprint density at radius 2 is 1.54 bits per heavy atom. The minimum absolute atomic E-state index is 0.0644. The monoisotopic (exact) mass is 357 g/mol. The predicted molar refractivity (Wildman–Crippen MR) is 102 cm³/mol. The van der Waals surface area contributed by atoms with Gasteiger partial charge in [-0.15, -0.1) is 0 Å². The average Bonchev–Trinajstić information content (AvgIpc) is 2.69. The van der Waals surface area contributed by atoms with E-state index in [1.807, 2.05) is 30.3 Å². The summed E-state index contributed by atoms with van der Waals surface area (Å²) >= 11 is 0. The lowest BCUT2D eigenvalue weighted by molar-refractivity contribution is -0.121. The Kier molecular flexibility index (Phi) is 7.80. The Morgan fingerprint density at radius 1 is 0.846 bits per heavy atom. The first-order valence-electron chi connectivity index (χ1n) is 8.76. The molecular formula is C21H27NO4. The van der Waals surface area contributed by atoms with Gasteiger partial charge in [-0.05, 0) is 54.7 Å². The lowest BCUT2D eigenvalue weighted by atomic mass is 10.1. The van der Waals surface area contributed by atoms with Gasteiger partial charge in [0.2, 0.25) is 5.91 Å². The summed E-state index contributed by atoms with van der Waals surface area (Å²) in [5.41, 5.74) is 2.24. The van der Waals surface area contributed by atoms with Gasteiger partial charge >= 0.3 is 0 Å². The smallest absolute Gasteiger partial charge is 0.220 e. The van der Waals surface area contributed by atoms with E-state index in [9.17, 15) is 4.79 Å². The van der Waals surface area contributed by atoms with Crippen molar-refractivity contribution in [1.82, 2.24) is 5.32 Å². The zero-order chi connectivity index (χ0) is 18.8. The molecule has 0 saturated carbocycles. The van der Waals surface area contributed by atoms with Crippen molar-refractivity contribution >= 4 is 5.91 Å². The van der Waals surface area contributed by atoms with Crippen LogP contribution in [0.15, 0.2) is 42.5 Å². The van der Waals surface area contributed by atoms with Gasteiger partial charge in [0.15, 0.2) is 11.5 Å². The van der Waals surface area contributed by atoms with Crippen LogP contribution in [0.1, 0.15) is 30.4 Å². The van der Waals surface area contributed by atoms with Crippen molar-refractivity contribution in [1.29, 1.82) is 0 Å². The van der Waals surface area contributed by atoms with Gasteiger partial charge in [0.1, 0.15) is 5.75 Å². The third-order valence-electron chi connectivity index (χ3n) is 4.22. The van der Waals surface area contributed by atoms with Crippen molar-refractivity contribution in [3.05, 3.63) is 53.6 Å². The molecule has 0 heterocycles. The Labute approximate surface area is 155 Å². The van der Waals surface area contributed by atoms with E-state index in [0.717, 1.165) is 30.6 Å². The van der Waals surface area contributed by atoms with Gasteiger partial charge < -0.3 is 19.5 Å². The van der Waals surface area contributed by atoms with E-state index in [0.29, 0.717) is 24.5 Å². The molecule has 5 heteroatoms. The van der Waals surface area contributed by atoms with Crippen LogP contribution in [0.4, 0.5) is 0 Å². The molecule has 0 unspecified atom stereocenters. The zero-order valence-corrected chi connectivity index (χ0v) is 15.7. The number of hydrogen-bond acceptors (Lipinski definition) is 4. The molecule has 2 aromatic carbocycles. The first kappa shape index (κ1) is 19.6. The normalized spacial score (nSPS) is 10.3. The van der Waals surface area contributed by atoms with Crippen LogP contribution in [0.2, 0.25) is 0 Å². The minimum Gasteiger partial charge on any atom is -0.497 e. The maximum Gasteiger partial charge on any atom is 0.220 e. The second kappa shape index (κ2) is 10.3. The summed E-state index contributed by atoms with van der Waals surface area (Å²) in [5.74, 6) is 2.28. The predicted octanol–water partition coefficient (Wildman–Crippen LogP) is 3.74. The molecule has 0 aliphatic heterocycles. The van der Waals surface area contributed by atoms with Crippen LogP contribution < -0.4 is 19.5 Å². The lowest BCUT2D eigenvalue weighted by Gasteiger charge is -2.10. The largest absolute Gasteiger partial charge is 0.497 e. The Morgan fingerprint density at radius 3 is 2.19 bits per heavy atom. The first-order valence-corrected chi connectivity index (χ1v) is 8.76. The molecule has 0 bridgehead atoms. The summed E-state index contributed by atoms with van der Waals surface area (Å²) in [7, 11) is 4.86. The highest BCUT2D eigenvalue weighted by Crippen LogP contribution is 2.27. The molecule has 0 fully saturated rings. The van der Waals surface area contributed by atoms with Crippen LogP contribution in [0, 0.1) is 0 Å². The number of benzene rings is 2. The summed E-state index contributed by atoms with van der Waals surface area (Å²) in [5, 5.41) is 2.95. The fourth-order valence-electron chi connectivity index (χ4n) is 2.69. The van der Waals surface area contributed by atoms with Crippen molar-refractivity contribution in [2.24, 2.45) is 0 Å². The SMILES string of the molecule is COc1ccc(CCCCC(=O)NCc2ccc(OC)c(OC)c2)cc1. The topological polar surface area (TPSA) is 56.8 Å². The highest BCUT2D eigenvalue weighted by Gasteiger charge is 2.06. The maximum absolute atomic E-state index is 12.0. The number of amides is 1. The quantitative estimate of drug-likeness (QED) is 0.658. The fraction of sp³-hybridized carbons (Fsp3) is 0.381. The molecule has 0 aromatic heterocycles. The highest BCUT2D eigenvalue weighted by atomic mass is 16.5. The molecule has 0 saturated heterocycles. The van der Waals surface area contributed by atoms with Crippen LogP contribution in [-0.4, -0.2) is 27.2 Å². The molecule has 2 rings (SSSR count). The number of aryl methyl sites for hydroxylation is 1. The second-order valence-corrected chi connectivity index (χ2v) is 6.02. The number of unbranched alkanes of at least 4 members (excludes halogenated alkanes) is 1. The summed E-state index contributed by atoms with van der Waals surface area (Å²) in [4.78, 5) is 12.0. The highest BCUT2D eigenvalue weighted by molar-refractivity contribution is 5.75. The van der Waals surface area contributed by atoms with Crippen molar-refractivity contribution < 1.29 is 19.0 Å². The average molecular weight is 357 g/mol. The summed E-state index contributed by atoms with van der Waals surface area (Å²) < 4.78 is 15.6. The van der Waals surface area contributed by atoms with Crippen LogP contribution >= 0.6 is 0 Å². The third-order valence-corrected chi connectivity index (χ3v) is 4.22. The summed E-state index contributed by atoms with van der Waals surface area (Å²) in [6, 6.07) is 13.7. The maximum atomic E-state index is 12.0. The molecule has 1 N–H and O–H groups in total. The van der Waals surface area contributed by atoms with E-state index in [2.05, 4.69) is 17.4 Å². The van der Waals surface area contributed by atoms with E-state index < -0.39 is 0 Å².